The van der Waals surface area contributed by atoms with Crippen molar-refractivity contribution >= 4 is 5.82 Å². The molecule has 0 fully saturated rings. The van der Waals surface area contributed by atoms with Gasteiger partial charge in [-0.1, -0.05) is 0 Å². The van der Waals surface area contributed by atoms with Crippen LogP contribution in [0.5, 0.6) is 5.75 Å². The molecule has 1 aromatic heterocycles. The Kier molecular flexibility index (Phi) is 4.46. The third-order valence-corrected chi connectivity index (χ3v) is 3.65. The molecule has 112 valence electrons. The van der Waals surface area contributed by atoms with E-state index < -0.39 is 0 Å². The monoisotopic (exact) mass is 285 g/mol. The smallest absolute Gasteiger partial charge is 0.152 e. The van der Waals surface area contributed by atoms with Crippen molar-refractivity contribution < 1.29 is 4.74 Å². The molecule has 1 N–H and O–H groups in total. The van der Waals surface area contributed by atoms with Crippen molar-refractivity contribution in [3.63, 3.8) is 0 Å². The van der Waals surface area contributed by atoms with E-state index in [4.69, 9.17) is 9.72 Å². The summed E-state index contributed by atoms with van der Waals surface area (Å²) in [6, 6.07) is 4.17. The van der Waals surface area contributed by atoms with Crippen molar-refractivity contribution in [2.75, 3.05) is 19.0 Å². The lowest BCUT2D eigenvalue weighted by atomic mass is 10.0. The van der Waals surface area contributed by atoms with Gasteiger partial charge in [-0.3, -0.25) is 0 Å². The van der Waals surface area contributed by atoms with Crippen molar-refractivity contribution in [1.82, 2.24) is 9.97 Å². The highest BCUT2D eigenvalue weighted by Crippen LogP contribution is 2.32. The van der Waals surface area contributed by atoms with Crippen molar-refractivity contribution in [2.45, 2.75) is 34.6 Å². The summed E-state index contributed by atoms with van der Waals surface area (Å²) in [4.78, 5) is 9.40. The lowest BCUT2D eigenvalue weighted by molar-refractivity contribution is 0.411. The molecule has 0 saturated heterocycles. The summed E-state index contributed by atoms with van der Waals surface area (Å²) < 4.78 is 5.39. The Balaban J connectivity index is 2.65. The normalized spacial score (nSPS) is 10.6. The van der Waals surface area contributed by atoms with E-state index in [-0.39, 0.29) is 0 Å². The van der Waals surface area contributed by atoms with Gasteiger partial charge in [-0.2, -0.15) is 0 Å². The molecule has 4 heteroatoms. The maximum atomic E-state index is 5.39. The minimum atomic E-state index is 0.818. The predicted molar refractivity (Wildman–Crippen MR) is 87.1 cm³/mol. The molecule has 0 bridgehead atoms. The first kappa shape index (κ1) is 15.3. The van der Waals surface area contributed by atoms with Crippen LogP contribution in [-0.2, 0) is 0 Å². The zero-order chi connectivity index (χ0) is 15.6. The number of aromatic nitrogens is 2. The number of hydrogen-bond acceptors (Lipinski definition) is 4. The average Bonchev–Trinajstić information content (AvgIpc) is 2.45. The summed E-state index contributed by atoms with van der Waals surface area (Å²) in [5.74, 6) is 1.74. The van der Waals surface area contributed by atoms with Gasteiger partial charge >= 0.3 is 0 Å². The number of anilines is 1. The maximum absolute atomic E-state index is 5.39. The van der Waals surface area contributed by atoms with Gasteiger partial charge in [-0.25, -0.2) is 9.97 Å². The molecule has 2 aromatic rings. The molecule has 0 unspecified atom stereocenters. The first-order chi connectivity index (χ1) is 9.97. The fraction of sp³-hybridized carbons (Fsp3) is 0.412. The lowest BCUT2D eigenvalue weighted by Crippen LogP contribution is -2.07. The number of nitrogens with zero attached hydrogens (tertiary/aromatic N) is 2. The molecule has 1 aromatic carbocycles. The standard InChI is InChI=1S/C17H23N3O/c1-7-18-17-16(19-12(4)13(5)20-17)14-8-11(3)15(21-6)9-10(14)2/h8-9H,7H2,1-6H3,(H,18,20). The molecule has 2 rings (SSSR count). The predicted octanol–water partition coefficient (Wildman–Crippen LogP) is 3.82. The summed E-state index contributed by atoms with van der Waals surface area (Å²) in [6.07, 6.45) is 0. The third-order valence-electron chi connectivity index (χ3n) is 3.65. The van der Waals surface area contributed by atoms with Crippen LogP contribution in [-0.4, -0.2) is 23.6 Å². The van der Waals surface area contributed by atoms with E-state index in [1.807, 2.05) is 20.8 Å². The van der Waals surface area contributed by atoms with E-state index in [0.717, 1.165) is 51.9 Å². The number of methoxy groups -OCH3 is 1. The van der Waals surface area contributed by atoms with Crippen LogP contribution in [0.15, 0.2) is 12.1 Å². The van der Waals surface area contributed by atoms with Crippen molar-refractivity contribution in [1.29, 1.82) is 0 Å². The lowest BCUT2D eigenvalue weighted by Gasteiger charge is -2.15. The Morgan fingerprint density at radius 2 is 1.67 bits per heavy atom. The number of benzene rings is 1. The molecule has 0 aliphatic rings. The number of aryl methyl sites for hydroxylation is 4. The van der Waals surface area contributed by atoms with Crippen LogP contribution >= 0.6 is 0 Å². The molecule has 0 aliphatic carbocycles. The van der Waals surface area contributed by atoms with Gasteiger partial charge in [0.25, 0.3) is 0 Å². The van der Waals surface area contributed by atoms with Crippen LogP contribution in [0.3, 0.4) is 0 Å². The second-order valence-corrected chi connectivity index (χ2v) is 5.26. The van der Waals surface area contributed by atoms with Crippen LogP contribution in [0.4, 0.5) is 5.82 Å². The molecule has 0 atom stereocenters. The largest absolute Gasteiger partial charge is 0.496 e. The molecule has 0 aliphatic heterocycles. The average molecular weight is 285 g/mol. The maximum Gasteiger partial charge on any atom is 0.152 e. The Bertz CT molecular complexity index is 666. The highest BCUT2D eigenvalue weighted by atomic mass is 16.5. The zero-order valence-electron chi connectivity index (χ0n) is 13.7. The summed E-state index contributed by atoms with van der Waals surface area (Å²) in [5.41, 5.74) is 6.15. The highest BCUT2D eigenvalue weighted by Gasteiger charge is 2.14. The minimum Gasteiger partial charge on any atom is -0.496 e. The highest BCUT2D eigenvalue weighted by molar-refractivity contribution is 5.75. The van der Waals surface area contributed by atoms with Gasteiger partial charge in [0.15, 0.2) is 5.82 Å². The Morgan fingerprint density at radius 3 is 2.29 bits per heavy atom. The Hall–Kier alpha value is -2.10. The van der Waals surface area contributed by atoms with E-state index in [0.29, 0.717) is 0 Å². The molecule has 21 heavy (non-hydrogen) atoms. The van der Waals surface area contributed by atoms with E-state index in [1.165, 1.54) is 0 Å². The van der Waals surface area contributed by atoms with E-state index in [2.05, 4.69) is 36.3 Å². The molecule has 0 saturated carbocycles. The molecule has 0 amide bonds. The summed E-state index contributed by atoms with van der Waals surface area (Å²) in [6.45, 7) is 11.0. The van der Waals surface area contributed by atoms with Crippen LogP contribution in [0, 0.1) is 27.7 Å². The second-order valence-electron chi connectivity index (χ2n) is 5.26. The van der Waals surface area contributed by atoms with Crippen LogP contribution < -0.4 is 10.1 Å². The van der Waals surface area contributed by atoms with Gasteiger partial charge in [0.1, 0.15) is 11.4 Å². The molecular formula is C17H23N3O. The summed E-state index contributed by atoms with van der Waals surface area (Å²) in [5, 5.41) is 3.31. The SMILES string of the molecule is CCNc1nc(C)c(C)nc1-c1cc(C)c(OC)cc1C. The molecule has 0 spiro atoms. The summed E-state index contributed by atoms with van der Waals surface area (Å²) in [7, 11) is 1.70. The van der Waals surface area contributed by atoms with Gasteiger partial charge in [-0.05, 0) is 57.9 Å². The first-order valence-electron chi connectivity index (χ1n) is 7.22. The quantitative estimate of drug-likeness (QED) is 0.927. The van der Waals surface area contributed by atoms with Gasteiger partial charge in [0.05, 0.1) is 18.5 Å². The number of rotatable bonds is 4. The first-order valence-corrected chi connectivity index (χ1v) is 7.22. The van der Waals surface area contributed by atoms with Crippen molar-refractivity contribution in [3.05, 3.63) is 34.6 Å². The van der Waals surface area contributed by atoms with E-state index in [1.54, 1.807) is 7.11 Å². The van der Waals surface area contributed by atoms with Crippen molar-refractivity contribution in [2.24, 2.45) is 0 Å². The Morgan fingerprint density at radius 1 is 1.00 bits per heavy atom. The van der Waals surface area contributed by atoms with E-state index in [9.17, 15) is 0 Å². The fourth-order valence-electron chi connectivity index (χ4n) is 2.35. The topological polar surface area (TPSA) is 47.0 Å². The molecule has 4 nitrogen and oxygen atoms in total. The van der Waals surface area contributed by atoms with Gasteiger partial charge in [0, 0.05) is 12.1 Å². The zero-order valence-corrected chi connectivity index (χ0v) is 13.7. The second kappa shape index (κ2) is 6.12. The number of nitrogens with one attached hydrogen (secondary N) is 1. The van der Waals surface area contributed by atoms with Crippen molar-refractivity contribution in [3.8, 4) is 17.0 Å². The molecule has 1 heterocycles. The summed E-state index contributed by atoms with van der Waals surface area (Å²) >= 11 is 0. The fourth-order valence-corrected chi connectivity index (χ4v) is 2.35. The third kappa shape index (κ3) is 2.99. The van der Waals surface area contributed by atoms with Gasteiger partial charge in [-0.15, -0.1) is 0 Å². The number of hydrogen-bond donors (Lipinski definition) is 1. The number of ether oxygens (including phenoxy) is 1. The van der Waals surface area contributed by atoms with Gasteiger partial charge < -0.3 is 10.1 Å². The van der Waals surface area contributed by atoms with Crippen LogP contribution in [0.2, 0.25) is 0 Å². The van der Waals surface area contributed by atoms with Crippen LogP contribution in [0.1, 0.15) is 29.4 Å². The van der Waals surface area contributed by atoms with Gasteiger partial charge in [0.2, 0.25) is 0 Å². The Labute approximate surface area is 126 Å². The van der Waals surface area contributed by atoms with Crippen LogP contribution in [0.25, 0.3) is 11.3 Å². The minimum absolute atomic E-state index is 0.818. The molecule has 0 radical (unpaired) electrons. The molecular weight excluding hydrogens is 262 g/mol. The van der Waals surface area contributed by atoms with E-state index >= 15 is 0 Å².